The Morgan fingerprint density at radius 3 is 2.84 bits per heavy atom. The number of pyridine rings is 1. The first-order valence-corrected chi connectivity index (χ1v) is 6.40. The number of aliphatic hydroxyl groups excluding tert-OH is 1. The molecule has 1 aromatic carbocycles. The molecule has 19 heavy (non-hydrogen) atoms. The Hall–Kier alpha value is -1.91. The van der Waals surface area contributed by atoms with Crippen LogP contribution in [0.4, 0.5) is 5.69 Å². The maximum atomic E-state index is 10.0. The van der Waals surface area contributed by atoms with Crippen LogP contribution in [-0.2, 0) is 6.54 Å². The van der Waals surface area contributed by atoms with E-state index in [0.717, 1.165) is 17.8 Å². The van der Waals surface area contributed by atoms with Crippen LogP contribution < -0.4 is 11.1 Å². The highest BCUT2D eigenvalue weighted by atomic mass is 16.3. The highest BCUT2D eigenvalue weighted by Gasteiger charge is 2.06. The lowest BCUT2D eigenvalue weighted by molar-refractivity contribution is 0.167. The molecule has 0 saturated heterocycles. The zero-order valence-electron chi connectivity index (χ0n) is 10.8. The predicted molar refractivity (Wildman–Crippen MR) is 76.4 cm³/mol. The minimum Gasteiger partial charge on any atom is -0.399 e. The summed E-state index contributed by atoms with van der Waals surface area (Å²) in [7, 11) is 0. The molecule has 4 N–H and O–H groups in total. The molecule has 0 amide bonds. The van der Waals surface area contributed by atoms with Crippen LogP contribution in [0.15, 0.2) is 48.7 Å². The van der Waals surface area contributed by atoms with E-state index in [4.69, 9.17) is 5.73 Å². The lowest BCUT2D eigenvalue weighted by Gasteiger charge is -2.12. The molecule has 4 heteroatoms. The van der Waals surface area contributed by atoms with E-state index in [-0.39, 0.29) is 0 Å². The molecule has 1 aromatic heterocycles. The molecule has 1 atom stereocenters. The Kier molecular flexibility index (Phi) is 4.89. The van der Waals surface area contributed by atoms with E-state index >= 15 is 0 Å². The Morgan fingerprint density at radius 1 is 1.21 bits per heavy atom. The molecule has 0 spiro atoms. The standard InChI is InChI=1S/C15H19N3O/c16-13-5-3-4-12(10-13)15(19)7-9-17-11-14-6-1-2-8-18-14/h1-6,8,10,15,17,19H,7,9,11,16H2. The minimum absolute atomic E-state index is 0.486. The van der Waals surface area contributed by atoms with E-state index in [1.54, 1.807) is 6.20 Å². The number of nitrogens with two attached hydrogens (primary N) is 1. The smallest absolute Gasteiger partial charge is 0.0802 e. The van der Waals surface area contributed by atoms with Gasteiger partial charge in [-0.25, -0.2) is 0 Å². The summed E-state index contributed by atoms with van der Waals surface area (Å²) in [5, 5.41) is 13.3. The molecule has 0 bridgehead atoms. The van der Waals surface area contributed by atoms with E-state index < -0.39 is 6.10 Å². The number of nitrogens with one attached hydrogen (secondary N) is 1. The van der Waals surface area contributed by atoms with Crippen LogP contribution >= 0.6 is 0 Å². The highest BCUT2D eigenvalue weighted by Crippen LogP contribution is 2.18. The molecule has 1 heterocycles. The van der Waals surface area contributed by atoms with Crippen molar-refractivity contribution in [3.63, 3.8) is 0 Å². The SMILES string of the molecule is Nc1cccc(C(O)CCNCc2ccccn2)c1. The van der Waals surface area contributed by atoms with Gasteiger partial charge < -0.3 is 16.2 Å². The van der Waals surface area contributed by atoms with Gasteiger partial charge >= 0.3 is 0 Å². The van der Waals surface area contributed by atoms with Crippen molar-refractivity contribution >= 4 is 5.69 Å². The lowest BCUT2D eigenvalue weighted by atomic mass is 10.1. The molecule has 100 valence electrons. The molecule has 0 radical (unpaired) electrons. The molecular formula is C15H19N3O. The van der Waals surface area contributed by atoms with Gasteiger partial charge in [-0.2, -0.15) is 0 Å². The third kappa shape index (κ3) is 4.35. The second-order valence-corrected chi connectivity index (χ2v) is 4.47. The van der Waals surface area contributed by atoms with Crippen LogP contribution in [0, 0.1) is 0 Å². The summed E-state index contributed by atoms with van der Waals surface area (Å²) in [5.74, 6) is 0. The fourth-order valence-corrected chi connectivity index (χ4v) is 1.89. The van der Waals surface area contributed by atoms with E-state index in [1.807, 2.05) is 42.5 Å². The van der Waals surface area contributed by atoms with Crippen molar-refractivity contribution in [1.82, 2.24) is 10.3 Å². The van der Waals surface area contributed by atoms with Gasteiger partial charge in [0.25, 0.3) is 0 Å². The molecule has 4 nitrogen and oxygen atoms in total. The quantitative estimate of drug-likeness (QED) is 0.546. The maximum absolute atomic E-state index is 10.0. The number of benzene rings is 1. The van der Waals surface area contributed by atoms with Gasteiger partial charge in [-0.05, 0) is 42.8 Å². The number of nitrogens with zero attached hydrogens (tertiary/aromatic N) is 1. The summed E-state index contributed by atoms with van der Waals surface area (Å²) < 4.78 is 0. The minimum atomic E-state index is -0.486. The molecule has 0 aliphatic heterocycles. The van der Waals surface area contributed by atoms with Crippen molar-refractivity contribution in [2.75, 3.05) is 12.3 Å². The number of hydrogen-bond donors (Lipinski definition) is 3. The molecule has 0 aliphatic rings. The average Bonchev–Trinajstić information content (AvgIpc) is 2.44. The van der Waals surface area contributed by atoms with Crippen molar-refractivity contribution in [2.24, 2.45) is 0 Å². The first-order valence-electron chi connectivity index (χ1n) is 6.40. The average molecular weight is 257 g/mol. The fourth-order valence-electron chi connectivity index (χ4n) is 1.89. The number of anilines is 1. The summed E-state index contributed by atoms with van der Waals surface area (Å²) >= 11 is 0. The third-order valence-corrected chi connectivity index (χ3v) is 2.92. The summed E-state index contributed by atoms with van der Waals surface area (Å²) in [6.45, 7) is 1.44. The van der Waals surface area contributed by atoms with Crippen LogP contribution in [0.25, 0.3) is 0 Å². The van der Waals surface area contributed by atoms with Crippen LogP contribution in [0.1, 0.15) is 23.8 Å². The Labute approximate surface area is 113 Å². The Bertz CT molecular complexity index is 502. The maximum Gasteiger partial charge on any atom is 0.0802 e. The first-order chi connectivity index (χ1) is 9.25. The van der Waals surface area contributed by atoms with Gasteiger partial charge in [0, 0.05) is 18.4 Å². The van der Waals surface area contributed by atoms with E-state index in [1.165, 1.54) is 0 Å². The normalized spacial score (nSPS) is 12.3. The Morgan fingerprint density at radius 2 is 2.11 bits per heavy atom. The number of hydrogen-bond acceptors (Lipinski definition) is 4. The summed E-state index contributed by atoms with van der Waals surface area (Å²) in [6, 6.07) is 13.2. The molecule has 1 unspecified atom stereocenters. The third-order valence-electron chi connectivity index (χ3n) is 2.92. The van der Waals surface area contributed by atoms with E-state index in [0.29, 0.717) is 18.7 Å². The largest absolute Gasteiger partial charge is 0.399 e. The van der Waals surface area contributed by atoms with Gasteiger partial charge in [0.15, 0.2) is 0 Å². The molecule has 2 rings (SSSR count). The number of aliphatic hydroxyl groups is 1. The van der Waals surface area contributed by atoms with Crippen molar-refractivity contribution in [3.05, 3.63) is 59.9 Å². The number of aromatic nitrogens is 1. The van der Waals surface area contributed by atoms with Gasteiger partial charge in [0.1, 0.15) is 0 Å². The van der Waals surface area contributed by atoms with Gasteiger partial charge in [-0.1, -0.05) is 18.2 Å². The number of rotatable bonds is 6. The van der Waals surface area contributed by atoms with Crippen molar-refractivity contribution < 1.29 is 5.11 Å². The van der Waals surface area contributed by atoms with Crippen LogP contribution in [0.2, 0.25) is 0 Å². The molecule has 2 aromatic rings. The summed E-state index contributed by atoms with van der Waals surface area (Å²) in [6.07, 6.45) is 1.94. The lowest BCUT2D eigenvalue weighted by Crippen LogP contribution is -2.17. The van der Waals surface area contributed by atoms with Crippen molar-refractivity contribution in [3.8, 4) is 0 Å². The zero-order valence-corrected chi connectivity index (χ0v) is 10.8. The predicted octanol–water partition coefficient (Wildman–Crippen LogP) is 1.88. The van der Waals surface area contributed by atoms with Crippen molar-refractivity contribution in [2.45, 2.75) is 19.1 Å². The van der Waals surface area contributed by atoms with Crippen LogP contribution in [-0.4, -0.2) is 16.6 Å². The second kappa shape index (κ2) is 6.87. The second-order valence-electron chi connectivity index (χ2n) is 4.47. The first kappa shape index (κ1) is 13.5. The molecule has 0 fully saturated rings. The topological polar surface area (TPSA) is 71.2 Å². The molecular weight excluding hydrogens is 238 g/mol. The van der Waals surface area contributed by atoms with Gasteiger partial charge in [-0.3, -0.25) is 4.98 Å². The summed E-state index contributed by atoms with van der Waals surface area (Å²) in [5.41, 5.74) is 8.23. The van der Waals surface area contributed by atoms with Gasteiger partial charge in [0.05, 0.1) is 11.8 Å². The monoisotopic (exact) mass is 257 g/mol. The van der Waals surface area contributed by atoms with Crippen LogP contribution in [0.5, 0.6) is 0 Å². The zero-order chi connectivity index (χ0) is 13.5. The Balaban J connectivity index is 1.74. The number of nitrogen functional groups attached to an aromatic ring is 1. The molecule has 0 saturated carbocycles. The van der Waals surface area contributed by atoms with Crippen molar-refractivity contribution in [1.29, 1.82) is 0 Å². The van der Waals surface area contributed by atoms with Gasteiger partial charge in [-0.15, -0.1) is 0 Å². The van der Waals surface area contributed by atoms with Crippen LogP contribution in [0.3, 0.4) is 0 Å². The van der Waals surface area contributed by atoms with E-state index in [9.17, 15) is 5.11 Å². The molecule has 0 aliphatic carbocycles. The highest BCUT2D eigenvalue weighted by molar-refractivity contribution is 5.41. The summed E-state index contributed by atoms with van der Waals surface area (Å²) in [4.78, 5) is 4.22. The fraction of sp³-hybridized carbons (Fsp3) is 0.267. The van der Waals surface area contributed by atoms with E-state index in [2.05, 4.69) is 10.3 Å². The van der Waals surface area contributed by atoms with Gasteiger partial charge in [0.2, 0.25) is 0 Å².